The highest BCUT2D eigenvalue weighted by Gasteiger charge is 2.39. The zero-order valence-corrected chi connectivity index (χ0v) is 11.4. The van der Waals surface area contributed by atoms with E-state index in [2.05, 4.69) is 4.90 Å². The van der Waals surface area contributed by atoms with E-state index in [1.807, 2.05) is 0 Å². The number of likely N-dealkylation sites (tertiary alicyclic amines) is 1. The monoisotopic (exact) mass is 281 g/mol. The van der Waals surface area contributed by atoms with Crippen molar-refractivity contribution in [2.45, 2.75) is 24.7 Å². The van der Waals surface area contributed by atoms with Crippen molar-refractivity contribution >= 4 is 0 Å². The zero-order chi connectivity index (χ0) is 14.0. The number of piperidine rings is 1. The molecule has 1 atom stereocenters. The fourth-order valence-electron chi connectivity index (χ4n) is 2.90. The average molecular weight is 281 g/mol. The van der Waals surface area contributed by atoms with Gasteiger partial charge in [0, 0.05) is 32.5 Å². The molecule has 1 aromatic carbocycles. The van der Waals surface area contributed by atoms with Crippen molar-refractivity contribution in [2.24, 2.45) is 0 Å². The molecule has 20 heavy (non-hydrogen) atoms. The summed E-state index contributed by atoms with van der Waals surface area (Å²) in [7, 11) is 0. The van der Waals surface area contributed by atoms with Gasteiger partial charge in [-0.1, -0.05) is 12.1 Å². The highest BCUT2D eigenvalue weighted by molar-refractivity contribution is 5.18. The summed E-state index contributed by atoms with van der Waals surface area (Å²) in [6.07, 6.45) is 1.08. The second-order valence-corrected chi connectivity index (χ2v) is 5.48. The van der Waals surface area contributed by atoms with Gasteiger partial charge in [0.2, 0.25) is 0 Å². The van der Waals surface area contributed by atoms with Crippen LogP contribution in [-0.2, 0) is 9.47 Å². The van der Waals surface area contributed by atoms with Crippen LogP contribution >= 0.6 is 0 Å². The van der Waals surface area contributed by atoms with Gasteiger partial charge in [-0.25, -0.2) is 4.39 Å². The van der Waals surface area contributed by atoms with Crippen molar-refractivity contribution in [3.8, 4) is 0 Å². The fraction of sp³-hybridized carbons (Fsp3) is 0.600. The lowest BCUT2D eigenvalue weighted by molar-refractivity contribution is -0.186. The predicted octanol–water partition coefficient (Wildman–Crippen LogP) is 1.70. The molecule has 3 rings (SSSR count). The first-order chi connectivity index (χ1) is 9.67. The Morgan fingerprint density at radius 2 is 1.75 bits per heavy atom. The predicted molar refractivity (Wildman–Crippen MR) is 71.7 cm³/mol. The SMILES string of the molecule is O[C@H](CN1CCC2(CC1)OCCO2)c1ccc(F)cc1. The number of β-amino-alcohol motifs (C(OH)–C–C–N with tert-alkyl or cyclic N) is 1. The minimum absolute atomic E-state index is 0.281. The molecule has 2 fully saturated rings. The summed E-state index contributed by atoms with van der Waals surface area (Å²) in [6.45, 7) is 3.61. The Bertz CT molecular complexity index is 435. The normalized spacial score (nSPS) is 24.1. The highest BCUT2D eigenvalue weighted by Crippen LogP contribution is 2.31. The van der Waals surface area contributed by atoms with Crippen LogP contribution < -0.4 is 0 Å². The van der Waals surface area contributed by atoms with Gasteiger partial charge in [0.25, 0.3) is 0 Å². The van der Waals surface area contributed by atoms with Crippen molar-refractivity contribution in [1.29, 1.82) is 0 Å². The molecule has 5 heteroatoms. The van der Waals surface area contributed by atoms with Crippen LogP contribution in [0, 0.1) is 5.82 Å². The van der Waals surface area contributed by atoms with Crippen LogP contribution in [0.4, 0.5) is 4.39 Å². The molecule has 2 aliphatic rings. The van der Waals surface area contributed by atoms with E-state index in [1.54, 1.807) is 12.1 Å². The Labute approximate surface area is 118 Å². The topological polar surface area (TPSA) is 41.9 Å². The van der Waals surface area contributed by atoms with Gasteiger partial charge in [0.15, 0.2) is 5.79 Å². The minimum atomic E-state index is -0.588. The van der Waals surface area contributed by atoms with E-state index >= 15 is 0 Å². The molecule has 110 valence electrons. The van der Waals surface area contributed by atoms with Crippen molar-refractivity contribution in [3.05, 3.63) is 35.6 Å². The molecule has 1 aromatic rings. The van der Waals surface area contributed by atoms with Gasteiger partial charge < -0.3 is 19.5 Å². The number of rotatable bonds is 3. The Morgan fingerprint density at radius 1 is 1.15 bits per heavy atom. The molecule has 1 spiro atoms. The Balaban J connectivity index is 1.52. The zero-order valence-electron chi connectivity index (χ0n) is 11.4. The lowest BCUT2D eigenvalue weighted by Crippen LogP contribution is -2.46. The van der Waals surface area contributed by atoms with Crippen LogP contribution in [0.5, 0.6) is 0 Å². The third kappa shape index (κ3) is 3.01. The van der Waals surface area contributed by atoms with Gasteiger partial charge in [-0.05, 0) is 17.7 Å². The minimum Gasteiger partial charge on any atom is -0.387 e. The lowest BCUT2D eigenvalue weighted by Gasteiger charge is -2.38. The van der Waals surface area contributed by atoms with E-state index in [-0.39, 0.29) is 11.6 Å². The summed E-state index contributed by atoms with van der Waals surface area (Å²) in [5.74, 6) is -0.659. The second-order valence-electron chi connectivity index (χ2n) is 5.48. The van der Waals surface area contributed by atoms with Crippen LogP contribution in [0.25, 0.3) is 0 Å². The number of halogens is 1. The smallest absolute Gasteiger partial charge is 0.170 e. The molecule has 0 saturated carbocycles. The van der Waals surface area contributed by atoms with Crippen molar-refractivity contribution < 1.29 is 19.0 Å². The highest BCUT2D eigenvalue weighted by atomic mass is 19.1. The Kier molecular flexibility index (Phi) is 4.03. The number of aliphatic hydroxyl groups excluding tert-OH is 1. The van der Waals surface area contributed by atoms with Gasteiger partial charge in [-0.15, -0.1) is 0 Å². The number of benzene rings is 1. The molecular weight excluding hydrogens is 261 g/mol. The van der Waals surface area contributed by atoms with E-state index in [9.17, 15) is 9.50 Å². The summed E-state index contributed by atoms with van der Waals surface area (Å²) in [5, 5.41) is 10.2. The molecule has 0 amide bonds. The molecule has 2 aliphatic heterocycles. The first-order valence-electron chi connectivity index (χ1n) is 7.11. The maximum atomic E-state index is 12.9. The summed E-state index contributed by atoms with van der Waals surface area (Å²) >= 11 is 0. The maximum absolute atomic E-state index is 12.9. The summed E-state index contributed by atoms with van der Waals surface area (Å²) in [6, 6.07) is 6.02. The van der Waals surface area contributed by atoms with Gasteiger partial charge in [-0.3, -0.25) is 0 Å². The van der Waals surface area contributed by atoms with Crippen LogP contribution in [0.2, 0.25) is 0 Å². The van der Waals surface area contributed by atoms with E-state index < -0.39 is 6.10 Å². The average Bonchev–Trinajstić information content (AvgIpc) is 2.91. The summed E-state index contributed by atoms with van der Waals surface area (Å²) < 4.78 is 24.2. The van der Waals surface area contributed by atoms with Gasteiger partial charge in [0.1, 0.15) is 5.82 Å². The lowest BCUT2D eigenvalue weighted by atomic mass is 10.0. The quantitative estimate of drug-likeness (QED) is 0.915. The van der Waals surface area contributed by atoms with Gasteiger partial charge in [-0.2, -0.15) is 0 Å². The van der Waals surface area contributed by atoms with Gasteiger partial charge >= 0.3 is 0 Å². The van der Waals surface area contributed by atoms with Crippen molar-refractivity contribution in [2.75, 3.05) is 32.8 Å². The molecule has 2 saturated heterocycles. The maximum Gasteiger partial charge on any atom is 0.170 e. The fourth-order valence-corrected chi connectivity index (χ4v) is 2.90. The van der Waals surface area contributed by atoms with Crippen LogP contribution in [0.1, 0.15) is 24.5 Å². The first kappa shape index (κ1) is 13.9. The largest absolute Gasteiger partial charge is 0.387 e. The molecule has 0 aromatic heterocycles. The van der Waals surface area contributed by atoms with E-state index in [0.29, 0.717) is 19.8 Å². The first-order valence-corrected chi connectivity index (χ1v) is 7.11. The standard InChI is InChI=1S/C15H20FNO3/c16-13-3-1-12(2-4-13)14(18)11-17-7-5-15(6-8-17)19-9-10-20-15/h1-4,14,18H,5-11H2/t14-/m1/s1. The molecular formula is C15H20FNO3. The molecule has 0 radical (unpaired) electrons. The number of nitrogens with zero attached hydrogens (tertiary/aromatic N) is 1. The van der Waals surface area contributed by atoms with E-state index in [0.717, 1.165) is 31.5 Å². The third-order valence-corrected chi connectivity index (χ3v) is 4.12. The van der Waals surface area contributed by atoms with Crippen LogP contribution in [0.15, 0.2) is 24.3 Å². The van der Waals surface area contributed by atoms with Crippen LogP contribution in [0.3, 0.4) is 0 Å². The van der Waals surface area contributed by atoms with Crippen LogP contribution in [-0.4, -0.2) is 48.6 Å². The molecule has 0 aliphatic carbocycles. The van der Waals surface area contributed by atoms with Crippen molar-refractivity contribution in [1.82, 2.24) is 4.90 Å². The molecule has 0 unspecified atom stereocenters. The number of hydrogen-bond acceptors (Lipinski definition) is 4. The molecule has 4 nitrogen and oxygen atoms in total. The van der Waals surface area contributed by atoms with E-state index in [4.69, 9.17) is 9.47 Å². The summed E-state index contributed by atoms with van der Waals surface area (Å²) in [5.41, 5.74) is 0.750. The summed E-state index contributed by atoms with van der Waals surface area (Å²) in [4.78, 5) is 2.20. The third-order valence-electron chi connectivity index (χ3n) is 4.12. The number of aliphatic hydroxyl groups is 1. The number of hydrogen-bond donors (Lipinski definition) is 1. The molecule has 0 bridgehead atoms. The van der Waals surface area contributed by atoms with Gasteiger partial charge in [0.05, 0.1) is 19.3 Å². The number of ether oxygens (including phenoxy) is 2. The molecule has 1 N–H and O–H groups in total. The second kappa shape index (κ2) is 5.77. The molecule has 2 heterocycles. The Morgan fingerprint density at radius 3 is 2.35 bits per heavy atom. The Hall–Kier alpha value is -1.01. The van der Waals surface area contributed by atoms with Crippen molar-refractivity contribution in [3.63, 3.8) is 0 Å². The van der Waals surface area contributed by atoms with E-state index in [1.165, 1.54) is 12.1 Å².